The minimum absolute atomic E-state index is 0.326. The maximum absolute atomic E-state index is 12.8. The van der Waals surface area contributed by atoms with Gasteiger partial charge in [0.25, 0.3) is 0 Å². The lowest BCUT2D eigenvalue weighted by Gasteiger charge is -1.93. The maximum atomic E-state index is 12.8. The fourth-order valence-corrected chi connectivity index (χ4v) is 1.24. The molecule has 0 amide bonds. The second kappa shape index (κ2) is 2.20. The fraction of sp³-hybridized carbons (Fsp3) is 0.125. The number of aromatic nitrogens is 2. The standard InChI is InChI=1S/C8H8FN3/c1-12-4-5-2-6(9)3-7(10)8(5)11-12/h2-4H,10H2,1H3. The number of aryl methyl sites for hydroxylation is 1. The molecule has 0 saturated carbocycles. The van der Waals surface area contributed by atoms with Crippen LogP contribution in [0.5, 0.6) is 0 Å². The highest BCUT2D eigenvalue weighted by Crippen LogP contribution is 2.20. The molecule has 0 radical (unpaired) electrons. The van der Waals surface area contributed by atoms with Crippen molar-refractivity contribution >= 4 is 16.6 Å². The van der Waals surface area contributed by atoms with Gasteiger partial charge in [0.2, 0.25) is 0 Å². The summed E-state index contributed by atoms with van der Waals surface area (Å²) in [5.41, 5.74) is 6.59. The molecule has 0 aliphatic rings. The zero-order chi connectivity index (χ0) is 8.72. The molecule has 1 heterocycles. The molecule has 0 saturated heterocycles. The van der Waals surface area contributed by atoms with Gasteiger partial charge in [-0.1, -0.05) is 0 Å². The Bertz CT molecular complexity index is 433. The second-order valence-corrected chi connectivity index (χ2v) is 2.74. The molecule has 0 bridgehead atoms. The molecule has 2 aromatic rings. The van der Waals surface area contributed by atoms with E-state index in [4.69, 9.17) is 5.73 Å². The Morgan fingerprint density at radius 2 is 2.25 bits per heavy atom. The first-order chi connectivity index (χ1) is 5.66. The van der Waals surface area contributed by atoms with Gasteiger partial charge in [-0.05, 0) is 12.1 Å². The Hall–Kier alpha value is -1.58. The average Bonchev–Trinajstić information content (AvgIpc) is 2.29. The van der Waals surface area contributed by atoms with E-state index in [1.165, 1.54) is 12.1 Å². The van der Waals surface area contributed by atoms with E-state index in [-0.39, 0.29) is 5.82 Å². The first-order valence-electron chi connectivity index (χ1n) is 3.55. The van der Waals surface area contributed by atoms with Crippen molar-refractivity contribution in [3.05, 3.63) is 24.1 Å². The van der Waals surface area contributed by atoms with Crippen LogP contribution in [0.25, 0.3) is 10.9 Å². The monoisotopic (exact) mass is 165 g/mol. The van der Waals surface area contributed by atoms with Gasteiger partial charge >= 0.3 is 0 Å². The van der Waals surface area contributed by atoms with Gasteiger partial charge in [0, 0.05) is 18.6 Å². The van der Waals surface area contributed by atoms with Crippen molar-refractivity contribution in [2.45, 2.75) is 0 Å². The number of hydrogen-bond acceptors (Lipinski definition) is 2. The number of rotatable bonds is 0. The molecule has 1 aromatic carbocycles. The molecule has 2 rings (SSSR count). The van der Waals surface area contributed by atoms with E-state index in [2.05, 4.69) is 5.10 Å². The van der Waals surface area contributed by atoms with E-state index in [0.717, 1.165) is 5.39 Å². The van der Waals surface area contributed by atoms with Gasteiger partial charge in [-0.15, -0.1) is 0 Å². The summed E-state index contributed by atoms with van der Waals surface area (Å²) in [5.74, 6) is -0.326. The van der Waals surface area contributed by atoms with Crippen LogP contribution in [0.3, 0.4) is 0 Å². The van der Waals surface area contributed by atoms with E-state index in [1.807, 2.05) is 0 Å². The van der Waals surface area contributed by atoms with Crippen molar-refractivity contribution in [2.24, 2.45) is 7.05 Å². The normalized spacial score (nSPS) is 10.8. The lowest BCUT2D eigenvalue weighted by Crippen LogP contribution is -1.90. The lowest BCUT2D eigenvalue weighted by molar-refractivity contribution is 0.630. The number of benzene rings is 1. The number of anilines is 1. The largest absolute Gasteiger partial charge is 0.397 e. The summed E-state index contributed by atoms with van der Waals surface area (Å²) in [7, 11) is 1.78. The number of nitrogens with zero attached hydrogens (tertiary/aromatic N) is 2. The molecule has 4 heteroatoms. The van der Waals surface area contributed by atoms with Crippen LogP contribution in [-0.4, -0.2) is 9.78 Å². The van der Waals surface area contributed by atoms with Crippen LogP contribution in [0, 0.1) is 5.82 Å². The Morgan fingerprint density at radius 1 is 1.50 bits per heavy atom. The lowest BCUT2D eigenvalue weighted by atomic mass is 10.2. The third kappa shape index (κ3) is 0.922. The first-order valence-corrected chi connectivity index (χ1v) is 3.55. The van der Waals surface area contributed by atoms with Crippen LogP contribution in [0.1, 0.15) is 0 Å². The molecule has 0 aliphatic carbocycles. The van der Waals surface area contributed by atoms with Crippen LogP contribution >= 0.6 is 0 Å². The van der Waals surface area contributed by atoms with Crippen LogP contribution in [-0.2, 0) is 7.05 Å². The van der Waals surface area contributed by atoms with Crippen molar-refractivity contribution in [3.8, 4) is 0 Å². The Labute approximate surface area is 68.6 Å². The maximum Gasteiger partial charge on any atom is 0.126 e. The first kappa shape index (κ1) is 7.09. The Morgan fingerprint density at radius 3 is 3.00 bits per heavy atom. The summed E-state index contributed by atoms with van der Waals surface area (Å²) < 4.78 is 14.4. The van der Waals surface area contributed by atoms with E-state index >= 15 is 0 Å². The van der Waals surface area contributed by atoms with E-state index in [0.29, 0.717) is 11.2 Å². The van der Waals surface area contributed by atoms with Crippen molar-refractivity contribution in [2.75, 3.05) is 5.73 Å². The minimum Gasteiger partial charge on any atom is -0.397 e. The molecule has 0 spiro atoms. The highest BCUT2D eigenvalue weighted by atomic mass is 19.1. The van der Waals surface area contributed by atoms with Gasteiger partial charge in [0.05, 0.1) is 5.69 Å². The molecule has 1 aromatic heterocycles. The highest BCUT2D eigenvalue weighted by molar-refractivity contribution is 5.88. The molecular formula is C8H8FN3. The number of nitrogens with two attached hydrogens (primary N) is 1. The summed E-state index contributed by atoms with van der Waals surface area (Å²) in [4.78, 5) is 0. The number of hydrogen-bond donors (Lipinski definition) is 1. The fourth-order valence-electron chi connectivity index (χ4n) is 1.24. The summed E-state index contributed by atoms with van der Waals surface area (Å²) in [6.07, 6.45) is 1.73. The topological polar surface area (TPSA) is 43.8 Å². The van der Waals surface area contributed by atoms with Crippen molar-refractivity contribution in [1.82, 2.24) is 9.78 Å². The summed E-state index contributed by atoms with van der Waals surface area (Å²) in [6, 6.07) is 2.69. The molecule has 3 nitrogen and oxygen atoms in total. The van der Waals surface area contributed by atoms with E-state index in [1.54, 1.807) is 17.9 Å². The van der Waals surface area contributed by atoms with Gasteiger partial charge in [-0.2, -0.15) is 5.10 Å². The molecule has 2 N–H and O–H groups in total. The zero-order valence-electron chi connectivity index (χ0n) is 6.58. The van der Waals surface area contributed by atoms with Gasteiger partial charge in [0.15, 0.2) is 0 Å². The Kier molecular flexibility index (Phi) is 1.30. The zero-order valence-corrected chi connectivity index (χ0v) is 6.58. The van der Waals surface area contributed by atoms with Gasteiger partial charge in [0.1, 0.15) is 11.3 Å². The van der Waals surface area contributed by atoms with Crippen molar-refractivity contribution in [3.63, 3.8) is 0 Å². The quantitative estimate of drug-likeness (QED) is 0.598. The predicted octanol–water partition coefficient (Wildman–Crippen LogP) is 1.29. The van der Waals surface area contributed by atoms with Crippen molar-refractivity contribution < 1.29 is 4.39 Å². The van der Waals surface area contributed by atoms with Crippen molar-refractivity contribution in [1.29, 1.82) is 0 Å². The van der Waals surface area contributed by atoms with E-state index < -0.39 is 0 Å². The van der Waals surface area contributed by atoms with Crippen LogP contribution < -0.4 is 5.73 Å². The van der Waals surface area contributed by atoms with Crippen LogP contribution in [0.2, 0.25) is 0 Å². The number of nitrogen functional groups attached to an aromatic ring is 1. The third-order valence-corrected chi connectivity index (χ3v) is 1.72. The summed E-state index contributed by atoms with van der Waals surface area (Å²) >= 11 is 0. The average molecular weight is 165 g/mol. The molecule has 12 heavy (non-hydrogen) atoms. The van der Waals surface area contributed by atoms with Crippen LogP contribution in [0.15, 0.2) is 18.3 Å². The summed E-state index contributed by atoms with van der Waals surface area (Å²) in [5, 5.41) is 4.81. The molecular weight excluding hydrogens is 157 g/mol. The minimum atomic E-state index is -0.326. The SMILES string of the molecule is Cn1cc2cc(F)cc(N)c2n1. The van der Waals surface area contributed by atoms with Gasteiger partial charge in [-0.25, -0.2) is 4.39 Å². The Balaban J connectivity index is 2.88. The van der Waals surface area contributed by atoms with Gasteiger partial charge in [-0.3, -0.25) is 4.68 Å². The molecule has 0 fully saturated rings. The summed E-state index contributed by atoms with van der Waals surface area (Å²) in [6.45, 7) is 0. The highest BCUT2D eigenvalue weighted by Gasteiger charge is 2.04. The molecule has 0 unspecified atom stereocenters. The van der Waals surface area contributed by atoms with Crippen LogP contribution in [0.4, 0.5) is 10.1 Å². The second-order valence-electron chi connectivity index (χ2n) is 2.74. The molecule has 0 aliphatic heterocycles. The van der Waals surface area contributed by atoms with Gasteiger partial charge < -0.3 is 5.73 Å². The number of fused-ring (bicyclic) bond motifs is 1. The third-order valence-electron chi connectivity index (χ3n) is 1.72. The molecule has 62 valence electrons. The predicted molar refractivity (Wildman–Crippen MR) is 45.1 cm³/mol. The molecule has 0 atom stereocenters. The smallest absolute Gasteiger partial charge is 0.126 e. The van der Waals surface area contributed by atoms with E-state index in [9.17, 15) is 4.39 Å². The number of halogens is 1.